The second-order valence-electron chi connectivity index (χ2n) is 4.34. The Labute approximate surface area is 119 Å². The van der Waals surface area contributed by atoms with E-state index in [9.17, 15) is 15.0 Å². The molecule has 0 fully saturated rings. The number of carbonyl (C=O) groups is 1. The average molecular weight is 281 g/mol. The van der Waals surface area contributed by atoms with E-state index in [0.717, 1.165) is 0 Å². The molecule has 1 aromatic carbocycles. The smallest absolute Gasteiger partial charge is 0.354 e. The van der Waals surface area contributed by atoms with Gasteiger partial charge in [-0.2, -0.15) is 5.10 Å². The van der Waals surface area contributed by atoms with E-state index in [0.29, 0.717) is 17.1 Å². The molecule has 0 saturated heterocycles. The summed E-state index contributed by atoms with van der Waals surface area (Å²) in [6.45, 7) is 0. The van der Waals surface area contributed by atoms with Gasteiger partial charge in [-0.15, -0.1) is 0 Å². The Morgan fingerprint density at radius 2 is 1.81 bits per heavy atom. The lowest BCUT2D eigenvalue weighted by molar-refractivity contribution is 0.0687. The molecular weight excluding hydrogens is 270 g/mol. The SMILES string of the molecule is O=C(O)c1cc(-c2ccccn2)nn1-c1ccccc1O. The number of para-hydroxylation sites is 2. The van der Waals surface area contributed by atoms with E-state index < -0.39 is 5.97 Å². The first-order valence-electron chi connectivity index (χ1n) is 6.20. The van der Waals surface area contributed by atoms with Crippen LogP contribution in [0.25, 0.3) is 17.1 Å². The second-order valence-corrected chi connectivity index (χ2v) is 4.34. The van der Waals surface area contributed by atoms with E-state index in [-0.39, 0.29) is 11.4 Å². The van der Waals surface area contributed by atoms with Gasteiger partial charge in [-0.1, -0.05) is 18.2 Å². The van der Waals surface area contributed by atoms with Crippen LogP contribution in [0.15, 0.2) is 54.7 Å². The molecule has 6 heteroatoms. The van der Waals surface area contributed by atoms with Crippen LogP contribution in [0.2, 0.25) is 0 Å². The monoisotopic (exact) mass is 281 g/mol. The van der Waals surface area contributed by atoms with E-state index in [2.05, 4.69) is 10.1 Å². The van der Waals surface area contributed by atoms with Crippen LogP contribution in [0.1, 0.15) is 10.5 Å². The number of benzene rings is 1. The summed E-state index contributed by atoms with van der Waals surface area (Å²) in [4.78, 5) is 15.5. The predicted octanol–water partition coefficient (Wildman–Crippen LogP) is 2.34. The van der Waals surface area contributed by atoms with E-state index in [1.54, 1.807) is 42.6 Å². The molecule has 0 aliphatic rings. The normalized spacial score (nSPS) is 10.5. The van der Waals surface area contributed by atoms with Crippen molar-refractivity contribution in [1.29, 1.82) is 0 Å². The lowest BCUT2D eigenvalue weighted by Gasteiger charge is -2.06. The van der Waals surface area contributed by atoms with Crippen LogP contribution >= 0.6 is 0 Å². The number of pyridine rings is 1. The minimum atomic E-state index is -1.13. The molecule has 2 N–H and O–H groups in total. The van der Waals surface area contributed by atoms with Crippen molar-refractivity contribution in [3.63, 3.8) is 0 Å². The number of hydrogen-bond acceptors (Lipinski definition) is 4. The number of phenolic OH excluding ortho intramolecular Hbond substituents is 1. The summed E-state index contributed by atoms with van der Waals surface area (Å²) in [5, 5.41) is 23.4. The summed E-state index contributed by atoms with van der Waals surface area (Å²) < 4.78 is 1.20. The molecule has 3 rings (SSSR count). The van der Waals surface area contributed by atoms with Gasteiger partial charge in [0.05, 0.1) is 5.69 Å². The van der Waals surface area contributed by atoms with Crippen LogP contribution < -0.4 is 0 Å². The molecule has 0 saturated carbocycles. The first-order chi connectivity index (χ1) is 10.2. The topological polar surface area (TPSA) is 88.2 Å². The zero-order valence-corrected chi connectivity index (χ0v) is 10.8. The Hall–Kier alpha value is -3.15. The first-order valence-corrected chi connectivity index (χ1v) is 6.20. The van der Waals surface area contributed by atoms with Crippen LogP contribution in [-0.2, 0) is 0 Å². The fourth-order valence-electron chi connectivity index (χ4n) is 2.00. The molecule has 0 atom stereocenters. The van der Waals surface area contributed by atoms with Gasteiger partial charge in [0.1, 0.15) is 17.1 Å². The van der Waals surface area contributed by atoms with Gasteiger partial charge in [-0.05, 0) is 24.3 Å². The maximum atomic E-state index is 11.4. The molecule has 104 valence electrons. The zero-order valence-electron chi connectivity index (χ0n) is 10.8. The molecule has 0 amide bonds. The number of nitrogens with zero attached hydrogens (tertiary/aromatic N) is 3. The summed E-state index contributed by atoms with van der Waals surface area (Å²) in [7, 11) is 0. The average Bonchev–Trinajstić information content (AvgIpc) is 2.94. The van der Waals surface area contributed by atoms with E-state index in [4.69, 9.17) is 0 Å². The molecule has 3 aromatic rings. The summed E-state index contributed by atoms with van der Waals surface area (Å²) in [6, 6.07) is 13.1. The molecule has 0 aliphatic heterocycles. The van der Waals surface area contributed by atoms with Crippen molar-refractivity contribution in [2.75, 3.05) is 0 Å². The van der Waals surface area contributed by atoms with Gasteiger partial charge in [-0.3, -0.25) is 4.98 Å². The minimum Gasteiger partial charge on any atom is -0.506 e. The summed E-state index contributed by atoms with van der Waals surface area (Å²) in [5.74, 6) is -1.18. The number of hydrogen-bond donors (Lipinski definition) is 2. The maximum Gasteiger partial charge on any atom is 0.354 e. The molecule has 0 bridgehead atoms. The van der Waals surface area contributed by atoms with Gasteiger partial charge >= 0.3 is 5.97 Å². The van der Waals surface area contributed by atoms with Gasteiger partial charge in [-0.25, -0.2) is 9.48 Å². The number of carboxylic acid groups (broad SMARTS) is 1. The number of aromatic carboxylic acids is 1. The number of aromatic nitrogens is 3. The molecule has 2 heterocycles. The first kappa shape index (κ1) is 12.9. The van der Waals surface area contributed by atoms with Crippen molar-refractivity contribution in [2.24, 2.45) is 0 Å². The predicted molar refractivity (Wildman–Crippen MR) is 75.4 cm³/mol. The summed E-state index contributed by atoms with van der Waals surface area (Å²) in [6.07, 6.45) is 1.61. The fraction of sp³-hybridized carbons (Fsp3) is 0. The van der Waals surface area contributed by atoms with E-state index in [1.807, 2.05) is 0 Å². The molecule has 21 heavy (non-hydrogen) atoms. The third-order valence-electron chi connectivity index (χ3n) is 2.97. The second kappa shape index (κ2) is 5.09. The third kappa shape index (κ3) is 2.34. The van der Waals surface area contributed by atoms with Crippen molar-refractivity contribution in [2.45, 2.75) is 0 Å². The Kier molecular flexibility index (Phi) is 3.12. The van der Waals surface area contributed by atoms with Crippen molar-refractivity contribution in [1.82, 2.24) is 14.8 Å². The number of aromatic hydroxyl groups is 1. The van der Waals surface area contributed by atoms with Gasteiger partial charge in [0.15, 0.2) is 5.69 Å². The Morgan fingerprint density at radius 3 is 2.48 bits per heavy atom. The molecule has 2 aromatic heterocycles. The van der Waals surface area contributed by atoms with Crippen molar-refractivity contribution in [3.8, 4) is 22.8 Å². The van der Waals surface area contributed by atoms with Crippen LogP contribution in [0.5, 0.6) is 5.75 Å². The summed E-state index contributed by atoms with van der Waals surface area (Å²) in [5.41, 5.74) is 1.25. The van der Waals surface area contributed by atoms with E-state index >= 15 is 0 Å². The Morgan fingerprint density at radius 1 is 1.05 bits per heavy atom. The minimum absolute atomic E-state index is 0.0443. The molecule has 0 spiro atoms. The molecule has 0 aliphatic carbocycles. The van der Waals surface area contributed by atoms with Crippen LogP contribution in [0, 0.1) is 0 Å². The molecule has 0 radical (unpaired) electrons. The van der Waals surface area contributed by atoms with Gasteiger partial charge in [0, 0.05) is 12.3 Å². The fourth-order valence-corrected chi connectivity index (χ4v) is 2.00. The molecular formula is C15H11N3O3. The standard InChI is InChI=1S/C15H11N3O3/c19-14-7-2-1-6-12(14)18-13(15(20)21)9-11(17-18)10-5-3-4-8-16-10/h1-9,19H,(H,20,21). The lowest BCUT2D eigenvalue weighted by Crippen LogP contribution is -2.07. The Bertz CT molecular complexity index is 797. The van der Waals surface area contributed by atoms with Crippen LogP contribution in [0.3, 0.4) is 0 Å². The highest BCUT2D eigenvalue weighted by molar-refractivity contribution is 5.88. The highest BCUT2D eigenvalue weighted by Gasteiger charge is 2.18. The highest BCUT2D eigenvalue weighted by atomic mass is 16.4. The number of rotatable bonds is 3. The van der Waals surface area contributed by atoms with Crippen molar-refractivity contribution < 1.29 is 15.0 Å². The highest BCUT2D eigenvalue weighted by Crippen LogP contribution is 2.25. The molecule has 0 unspecified atom stereocenters. The quantitative estimate of drug-likeness (QED) is 0.769. The van der Waals surface area contributed by atoms with Crippen molar-refractivity contribution in [3.05, 3.63) is 60.4 Å². The molecule has 6 nitrogen and oxygen atoms in total. The largest absolute Gasteiger partial charge is 0.506 e. The van der Waals surface area contributed by atoms with Crippen molar-refractivity contribution >= 4 is 5.97 Å². The van der Waals surface area contributed by atoms with Crippen LogP contribution in [-0.4, -0.2) is 30.9 Å². The van der Waals surface area contributed by atoms with Gasteiger partial charge < -0.3 is 10.2 Å². The number of carboxylic acids is 1. The van der Waals surface area contributed by atoms with Gasteiger partial charge in [0.25, 0.3) is 0 Å². The zero-order chi connectivity index (χ0) is 14.8. The van der Waals surface area contributed by atoms with Gasteiger partial charge in [0.2, 0.25) is 0 Å². The summed E-state index contributed by atoms with van der Waals surface area (Å²) >= 11 is 0. The third-order valence-corrected chi connectivity index (χ3v) is 2.97. The maximum absolute atomic E-state index is 11.4. The van der Waals surface area contributed by atoms with Crippen LogP contribution in [0.4, 0.5) is 0 Å². The lowest BCUT2D eigenvalue weighted by atomic mass is 10.2. The Balaban J connectivity index is 2.19. The number of phenols is 1. The van der Waals surface area contributed by atoms with E-state index in [1.165, 1.54) is 16.8 Å².